The molecule has 0 saturated heterocycles. The van der Waals surface area contributed by atoms with E-state index in [0.29, 0.717) is 24.5 Å². The van der Waals surface area contributed by atoms with Crippen molar-refractivity contribution in [2.75, 3.05) is 13.2 Å². The molecule has 0 saturated carbocycles. The summed E-state index contributed by atoms with van der Waals surface area (Å²) < 4.78 is 10.2. The summed E-state index contributed by atoms with van der Waals surface area (Å²) in [6.45, 7) is 2.74. The molecule has 0 heterocycles. The highest BCUT2D eigenvalue weighted by Crippen LogP contribution is 2.26. The van der Waals surface area contributed by atoms with Crippen molar-refractivity contribution >= 4 is 17.9 Å². The Bertz CT molecular complexity index is 510. The minimum absolute atomic E-state index is 0.228. The first-order chi connectivity index (χ1) is 10.2. The van der Waals surface area contributed by atoms with Gasteiger partial charge in [0, 0.05) is 6.42 Å². The molecule has 1 aromatic rings. The van der Waals surface area contributed by atoms with E-state index in [4.69, 9.17) is 10.5 Å². The van der Waals surface area contributed by atoms with E-state index in [9.17, 15) is 9.59 Å². The molecule has 1 amide bonds. The summed E-state index contributed by atoms with van der Waals surface area (Å²) >= 11 is 0. The van der Waals surface area contributed by atoms with E-state index in [1.807, 2.05) is 6.07 Å². The normalized spacial score (nSPS) is 9.76. The lowest BCUT2D eigenvalue weighted by molar-refractivity contribution is 0.147. The Balaban J connectivity index is 2.58. The molecule has 1 rings (SSSR count). The van der Waals surface area contributed by atoms with E-state index < -0.39 is 6.09 Å². The van der Waals surface area contributed by atoms with E-state index in [0.717, 1.165) is 24.8 Å². The number of nitrogens with two attached hydrogens (primary N) is 1. The molecule has 6 nitrogen and oxygen atoms in total. The van der Waals surface area contributed by atoms with Crippen LogP contribution in [0.25, 0.3) is 0 Å². The fourth-order valence-electron chi connectivity index (χ4n) is 1.80. The quantitative estimate of drug-likeness (QED) is 0.430. The van der Waals surface area contributed by atoms with Gasteiger partial charge in [-0.05, 0) is 36.6 Å². The molecule has 0 unspecified atom stereocenters. The lowest BCUT2D eigenvalue weighted by Gasteiger charge is -2.09. The average molecular weight is 292 g/mol. The molecule has 0 aromatic heterocycles. The second kappa shape index (κ2) is 9.55. The van der Waals surface area contributed by atoms with Crippen LogP contribution in [-0.2, 0) is 16.0 Å². The lowest BCUT2D eigenvalue weighted by Crippen LogP contribution is -2.15. The number of hydrogen-bond donors (Lipinski definition) is 1. The third kappa shape index (κ3) is 6.58. The van der Waals surface area contributed by atoms with Crippen LogP contribution in [0.1, 0.15) is 31.7 Å². The van der Waals surface area contributed by atoms with Gasteiger partial charge in [-0.1, -0.05) is 13.3 Å². The molecule has 0 fully saturated rings. The molecule has 0 aliphatic rings. The molecule has 21 heavy (non-hydrogen) atoms. The maximum absolute atomic E-state index is 10.4. The number of aliphatic imine (C=N–C) groups is 1. The van der Waals surface area contributed by atoms with Crippen LogP contribution >= 0.6 is 0 Å². The lowest BCUT2D eigenvalue weighted by atomic mass is 10.1. The zero-order valence-corrected chi connectivity index (χ0v) is 12.1. The number of rotatable bonds is 9. The summed E-state index contributed by atoms with van der Waals surface area (Å²) in [4.78, 5) is 24.5. The number of hydrogen-bond acceptors (Lipinski definition) is 5. The molecule has 2 N–H and O–H groups in total. The van der Waals surface area contributed by atoms with Crippen molar-refractivity contribution in [3.63, 3.8) is 0 Å². The summed E-state index contributed by atoms with van der Waals surface area (Å²) in [5.74, 6) is 0.699. The highest BCUT2D eigenvalue weighted by atomic mass is 16.5. The van der Waals surface area contributed by atoms with Crippen molar-refractivity contribution in [2.24, 2.45) is 10.7 Å². The Kier molecular flexibility index (Phi) is 7.61. The summed E-state index contributed by atoms with van der Waals surface area (Å²) in [7, 11) is 0. The van der Waals surface area contributed by atoms with Gasteiger partial charge in [-0.25, -0.2) is 9.59 Å². The third-order valence-electron chi connectivity index (χ3n) is 2.82. The van der Waals surface area contributed by atoms with Gasteiger partial charge in [0.25, 0.3) is 0 Å². The number of nitrogens with zero attached hydrogens (tertiary/aromatic N) is 1. The van der Waals surface area contributed by atoms with E-state index in [-0.39, 0.29) is 6.61 Å². The smallest absolute Gasteiger partial charge is 0.404 e. The van der Waals surface area contributed by atoms with Gasteiger partial charge in [0.1, 0.15) is 5.75 Å². The predicted octanol–water partition coefficient (Wildman–Crippen LogP) is 2.86. The topological polar surface area (TPSA) is 91.0 Å². The van der Waals surface area contributed by atoms with Crippen LogP contribution < -0.4 is 10.5 Å². The van der Waals surface area contributed by atoms with Gasteiger partial charge >= 0.3 is 6.09 Å². The van der Waals surface area contributed by atoms with Gasteiger partial charge in [0.15, 0.2) is 0 Å². The van der Waals surface area contributed by atoms with Crippen molar-refractivity contribution in [3.05, 3.63) is 23.8 Å². The number of carbonyl (C=O) groups is 1. The van der Waals surface area contributed by atoms with Gasteiger partial charge in [-0.2, -0.15) is 4.99 Å². The zero-order valence-electron chi connectivity index (χ0n) is 12.1. The maximum Gasteiger partial charge on any atom is 0.404 e. The van der Waals surface area contributed by atoms with Gasteiger partial charge in [-0.3, -0.25) is 0 Å². The van der Waals surface area contributed by atoms with E-state index in [1.54, 1.807) is 18.2 Å². The number of amides is 1. The number of aryl methyl sites for hydroxylation is 1. The number of unbranched alkanes of at least 4 members (excludes halogenated alkanes) is 1. The highest BCUT2D eigenvalue weighted by molar-refractivity contribution is 5.64. The van der Waals surface area contributed by atoms with E-state index in [1.165, 1.54) is 0 Å². The van der Waals surface area contributed by atoms with Crippen LogP contribution in [0.5, 0.6) is 5.75 Å². The molecule has 0 aliphatic heterocycles. The molecule has 6 heteroatoms. The fourth-order valence-corrected chi connectivity index (χ4v) is 1.80. The van der Waals surface area contributed by atoms with Crippen LogP contribution in [0, 0.1) is 0 Å². The molecule has 0 spiro atoms. The van der Waals surface area contributed by atoms with Crippen molar-refractivity contribution in [1.29, 1.82) is 0 Å². The van der Waals surface area contributed by atoms with E-state index in [2.05, 4.69) is 16.7 Å². The average Bonchev–Trinajstić information content (AvgIpc) is 2.46. The number of benzene rings is 1. The summed E-state index contributed by atoms with van der Waals surface area (Å²) in [5.41, 5.74) is 6.45. The van der Waals surface area contributed by atoms with Crippen LogP contribution in [0.4, 0.5) is 10.5 Å². The van der Waals surface area contributed by atoms with Crippen LogP contribution in [0.3, 0.4) is 0 Å². The summed E-state index contributed by atoms with van der Waals surface area (Å²) in [6, 6.07) is 5.37. The van der Waals surface area contributed by atoms with Crippen molar-refractivity contribution in [1.82, 2.24) is 0 Å². The predicted molar refractivity (Wildman–Crippen MR) is 78.5 cm³/mol. The summed E-state index contributed by atoms with van der Waals surface area (Å²) in [5, 5.41) is 0. The molecular weight excluding hydrogens is 272 g/mol. The van der Waals surface area contributed by atoms with Crippen molar-refractivity contribution in [3.8, 4) is 5.75 Å². The molecule has 114 valence electrons. The Labute approximate surface area is 124 Å². The Morgan fingerprint density at radius 2 is 2.14 bits per heavy atom. The minimum Gasteiger partial charge on any atom is -0.493 e. The molecule has 0 radical (unpaired) electrons. The Morgan fingerprint density at radius 1 is 1.33 bits per heavy atom. The number of carbonyl (C=O) groups excluding carboxylic acids is 2. The number of primary amides is 1. The first-order valence-corrected chi connectivity index (χ1v) is 6.93. The fraction of sp³-hybridized carbons (Fsp3) is 0.467. The first-order valence-electron chi connectivity index (χ1n) is 6.93. The van der Waals surface area contributed by atoms with Gasteiger partial charge < -0.3 is 15.2 Å². The highest BCUT2D eigenvalue weighted by Gasteiger charge is 2.04. The van der Waals surface area contributed by atoms with Crippen molar-refractivity contribution in [2.45, 2.75) is 32.6 Å². The van der Waals surface area contributed by atoms with E-state index >= 15 is 0 Å². The second-order valence-corrected chi connectivity index (χ2v) is 4.47. The van der Waals surface area contributed by atoms with Crippen LogP contribution in [-0.4, -0.2) is 25.4 Å². The Morgan fingerprint density at radius 3 is 2.81 bits per heavy atom. The molecular formula is C15H20N2O4. The largest absolute Gasteiger partial charge is 0.493 e. The summed E-state index contributed by atoms with van der Waals surface area (Å²) in [6.07, 6.45) is 4.24. The standard InChI is InChI=1S/C15H20N2O4/c1-2-3-5-12-10-13(6-7-14(12)17-11-18)20-8-4-9-21-15(16)19/h6-7,10H,2-5,8-9H2,1H3,(H2,16,19). The molecule has 0 atom stereocenters. The second-order valence-electron chi connectivity index (χ2n) is 4.47. The number of ether oxygens (including phenoxy) is 2. The molecule has 1 aromatic carbocycles. The van der Waals surface area contributed by atoms with Crippen LogP contribution in [0.15, 0.2) is 23.2 Å². The van der Waals surface area contributed by atoms with Crippen LogP contribution in [0.2, 0.25) is 0 Å². The first kappa shape index (κ1) is 16.7. The maximum atomic E-state index is 10.4. The molecule has 0 bridgehead atoms. The van der Waals surface area contributed by atoms with Crippen molar-refractivity contribution < 1.29 is 19.1 Å². The zero-order chi connectivity index (χ0) is 15.5. The molecule has 0 aliphatic carbocycles. The third-order valence-corrected chi connectivity index (χ3v) is 2.82. The minimum atomic E-state index is -0.784. The van der Waals surface area contributed by atoms with Gasteiger partial charge in [0.2, 0.25) is 6.08 Å². The van der Waals surface area contributed by atoms with Gasteiger partial charge in [0.05, 0.1) is 18.9 Å². The monoisotopic (exact) mass is 292 g/mol. The van der Waals surface area contributed by atoms with Gasteiger partial charge in [-0.15, -0.1) is 0 Å². The SMILES string of the molecule is CCCCc1cc(OCCCOC(N)=O)ccc1N=C=O. The number of isocyanates is 1. The Hall–Kier alpha value is -2.33.